The molecule has 0 aliphatic heterocycles. The molecular weight excluding hydrogens is 202 g/mol. The Morgan fingerprint density at radius 1 is 1.43 bits per heavy atom. The number of ether oxygens (including phenoxy) is 1. The molecule has 0 aliphatic carbocycles. The van der Waals surface area contributed by atoms with Crippen LogP contribution in [0.25, 0.3) is 0 Å². The van der Waals surface area contributed by atoms with Gasteiger partial charge in [-0.3, -0.25) is 0 Å². The summed E-state index contributed by atoms with van der Waals surface area (Å²) in [6.07, 6.45) is -0.490. The first-order valence-corrected chi connectivity index (χ1v) is 4.76. The van der Waals surface area contributed by atoms with Crippen LogP contribution in [0, 0.1) is 0 Å². The van der Waals surface area contributed by atoms with Crippen molar-refractivity contribution < 1.29 is 9.84 Å². The van der Waals surface area contributed by atoms with Crippen molar-refractivity contribution >= 4 is 17.3 Å². The SMILES string of the molecule is COCC(O)CNc1ccc(Cl)cc1. The third-order valence-corrected chi connectivity index (χ3v) is 2.00. The van der Waals surface area contributed by atoms with E-state index in [4.69, 9.17) is 16.3 Å². The molecule has 0 aromatic heterocycles. The Bertz CT molecular complexity index is 263. The lowest BCUT2D eigenvalue weighted by Gasteiger charge is -2.11. The fourth-order valence-electron chi connectivity index (χ4n) is 1.05. The van der Waals surface area contributed by atoms with Gasteiger partial charge in [0.05, 0.1) is 12.7 Å². The van der Waals surface area contributed by atoms with E-state index in [0.29, 0.717) is 18.2 Å². The summed E-state index contributed by atoms with van der Waals surface area (Å²) in [7, 11) is 1.56. The van der Waals surface area contributed by atoms with E-state index in [-0.39, 0.29) is 0 Å². The molecule has 0 fully saturated rings. The quantitative estimate of drug-likeness (QED) is 0.787. The normalized spacial score (nSPS) is 12.5. The zero-order valence-electron chi connectivity index (χ0n) is 8.03. The maximum Gasteiger partial charge on any atom is 0.0945 e. The maximum atomic E-state index is 9.35. The van der Waals surface area contributed by atoms with Crippen molar-refractivity contribution in [1.29, 1.82) is 0 Å². The summed E-state index contributed by atoms with van der Waals surface area (Å²) in [4.78, 5) is 0. The van der Waals surface area contributed by atoms with Crippen molar-refractivity contribution in [3.8, 4) is 0 Å². The standard InChI is InChI=1S/C10H14ClNO2/c1-14-7-10(13)6-12-9-4-2-8(11)3-5-9/h2-5,10,12-13H,6-7H2,1H3. The second-order valence-electron chi connectivity index (χ2n) is 3.00. The first-order valence-electron chi connectivity index (χ1n) is 4.39. The number of hydrogen-bond acceptors (Lipinski definition) is 3. The number of nitrogens with one attached hydrogen (secondary N) is 1. The molecule has 3 nitrogen and oxygen atoms in total. The highest BCUT2D eigenvalue weighted by Gasteiger charge is 2.02. The molecule has 0 saturated heterocycles. The molecule has 1 unspecified atom stereocenters. The van der Waals surface area contributed by atoms with Gasteiger partial charge in [-0.15, -0.1) is 0 Å². The lowest BCUT2D eigenvalue weighted by Crippen LogP contribution is -2.24. The Hall–Kier alpha value is -0.770. The predicted octanol–water partition coefficient (Wildman–Crippen LogP) is 1.76. The van der Waals surface area contributed by atoms with Crippen LogP contribution in [0.3, 0.4) is 0 Å². The number of aliphatic hydroxyl groups excluding tert-OH is 1. The Morgan fingerprint density at radius 2 is 2.07 bits per heavy atom. The molecule has 14 heavy (non-hydrogen) atoms. The van der Waals surface area contributed by atoms with Crippen molar-refractivity contribution in [3.05, 3.63) is 29.3 Å². The van der Waals surface area contributed by atoms with E-state index in [1.54, 1.807) is 19.2 Å². The molecule has 0 radical (unpaired) electrons. The van der Waals surface area contributed by atoms with Crippen LogP contribution in [0.2, 0.25) is 5.02 Å². The van der Waals surface area contributed by atoms with Gasteiger partial charge in [-0.05, 0) is 24.3 Å². The lowest BCUT2D eigenvalue weighted by atomic mass is 10.3. The summed E-state index contributed by atoms with van der Waals surface area (Å²) in [5, 5.41) is 13.1. The van der Waals surface area contributed by atoms with E-state index >= 15 is 0 Å². The van der Waals surface area contributed by atoms with Gasteiger partial charge in [0.2, 0.25) is 0 Å². The Balaban J connectivity index is 2.34. The van der Waals surface area contributed by atoms with E-state index in [0.717, 1.165) is 5.69 Å². The molecule has 78 valence electrons. The average molecular weight is 216 g/mol. The maximum absolute atomic E-state index is 9.35. The van der Waals surface area contributed by atoms with Crippen LogP contribution in [0.1, 0.15) is 0 Å². The second-order valence-corrected chi connectivity index (χ2v) is 3.43. The van der Waals surface area contributed by atoms with Gasteiger partial charge in [-0.2, -0.15) is 0 Å². The number of methoxy groups -OCH3 is 1. The molecule has 0 amide bonds. The van der Waals surface area contributed by atoms with Gasteiger partial charge in [0.25, 0.3) is 0 Å². The molecule has 1 aromatic rings. The molecule has 1 aromatic carbocycles. The highest BCUT2D eigenvalue weighted by atomic mass is 35.5. The zero-order valence-corrected chi connectivity index (χ0v) is 8.79. The largest absolute Gasteiger partial charge is 0.389 e. The third kappa shape index (κ3) is 3.96. The topological polar surface area (TPSA) is 41.5 Å². The predicted molar refractivity (Wildman–Crippen MR) is 57.8 cm³/mol. The first-order chi connectivity index (χ1) is 6.72. The van der Waals surface area contributed by atoms with Crippen LogP contribution < -0.4 is 5.32 Å². The molecule has 4 heteroatoms. The van der Waals surface area contributed by atoms with Crippen molar-refractivity contribution in [1.82, 2.24) is 0 Å². The van der Waals surface area contributed by atoms with Crippen LogP contribution in [-0.2, 0) is 4.74 Å². The molecule has 0 aliphatic rings. The minimum absolute atomic E-state index is 0.334. The fraction of sp³-hybridized carbons (Fsp3) is 0.400. The van der Waals surface area contributed by atoms with Crippen LogP contribution in [-0.4, -0.2) is 31.5 Å². The average Bonchev–Trinajstić information content (AvgIpc) is 2.17. The highest BCUT2D eigenvalue weighted by molar-refractivity contribution is 6.30. The molecule has 0 bridgehead atoms. The highest BCUT2D eigenvalue weighted by Crippen LogP contribution is 2.13. The van der Waals surface area contributed by atoms with Gasteiger partial charge < -0.3 is 15.2 Å². The van der Waals surface area contributed by atoms with Crippen LogP contribution in [0.15, 0.2) is 24.3 Å². The van der Waals surface area contributed by atoms with Crippen molar-refractivity contribution in [2.45, 2.75) is 6.10 Å². The second kappa shape index (κ2) is 5.86. The van der Waals surface area contributed by atoms with Gasteiger partial charge in [-0.1, -0.05) is 11.6 Å². The number of halogens is 1. The fourth-order valence-corrected chi connectivity index (χ4v) is 1.18. The Kier molecular flexibility index (Phi) is 4.73. The van der Waals surface area contributed by atoms with E-state index < -0.39 is 6.10 Å². The van der Waals surface area contributed by atoms with E-state index in [9.17, 15) is 5.11 Å². The molecule has 1 rings (SSSR count). The number of anilines is 1. The lowest BCUT2D eigenvalue weighted by molar-refractivity contribution is 0.0727. The first kappa shape index (κ1) is 11.3. The zero-order chi connectivity index (χ0) is 10.4. The molecular formula is C10H14ClNO2. The molecule has 0 heterocycles. The summed E-state index contributed by atoms with van der Waals surface area (Å²) in [5.74, 6) is 0. The number of aliphatic hydroxyl groups is 1. The van der Waals surface area contributed by atoms with Crippen LogP contribution in [0.4, 0.5) is 5.69 Å². The molecule has 2 N–H and O–H groups in total. The minimum atomic E-state index is -0.490. The van der Waals surface area contributed by atoms with E-state index in [2.05, 4.69) is 5.32 Å². The van der Waals surface area contributed by atoms with Crippen molar-refractivity contribution in [3.63, 3.8) is 0 Å². The summed E-state index contributed by atoms with van der Waals surface area (Å²) in [5.41, 5.74) is 0.935. The minimum Gasteiger partial charge on any atom is -0.389 e. The molecule has 0 saturated carbocycles. The van der Waals surface area contributed by atoms with Crippen LogP contribution in [0.5, 0.6) is 0 Å². The smallest absolute Gasteiger partial charge is 0.0945 e. The van der Waals surface area contributed by atoms with E-state index in [1.165, 1.54) is 0 Å². The van der Waals surface area contributed by atoms with E-state index in [1.807, 2.05) is 12.1 Å². The Morgan fingerprint density at radius 3 is 2.64 bits per heavy atom. The molecule has 1 atom stereocenters. The Labute approximate surface area is 88.7 Å². The summed E-state index contributed by atoms with van der Waals surface area (Å²) in [6, 6.07) is 7.32. The van der Waals surface area contributed by atoms with Crippen molar-refractivity contribution in [2.24, 2.45) is 0 Å². The monoisotopic (exact) mass is 215 g/mol. The van der Waals surface area contributed by atoms with Gasteiger partial charge in [0.1, 0.15) is 0 Å². The number of rotatable bonds is 5. The number of hydrogen-bond donors (Lipinski definition) is 2. The van der Waals surface area contributed by atoms with Gasteiger partial charge in [0, 0.05) is 24.4 Å². The summed E-state index contributed by atoms with van der Waals surface area (Å²) >= 11 is 5.73. The van der Waals surface area contributed by atoms with Gasteiger partial charge in [-0.25, -0.2) is 0 Å². The van der Waals surface area contributed by atoms with Crippen molar-refractivity contribution in [2.75, 3.05) is 25.6 Å². The number of benzene rings is 1. The summed E-state index contributed by atoms with van der Waals surface area (Å²) < 4.78 is 4.80. The van der Waals surface area contributed by atoms with Crippen LogP contribution >= 0.6 is 11.6 Å². The summed E-state index contributed by atoms with van der Waals surface area (Å²) in [6.45, 7) is 0.802. The van der Waals surface area contributed by atoms with Gasteiger partial charge in [0.15, 0.2) is 0 Å². The third-order valence-electron chi connectivity index (χ3n) is 1.75. The molecule has 0 spiro atoms. The van der Waals surface area contributed by atoms with Gasteiger partial charge >= 0.3 is 0 Å².